The van der Waals surface area contributed by atoms with E-state index in [0.717, 1.165) is 6.07 Å². The summed E-state index contributed by atoms with van der Waals surface area (Å²) >= 11 is 0. The SMILES string of the molecule is CNC(C)(C)c1cccc(C(F)(F)F)c1OC. The quantitative estimate of drug-likeness (QED) is 0.885. The lowest BCUT2D eigenvalue weighted by molar-refractivity contribution is -0.138. The standard InChI is InChI=1S/C12H16F3NO/c1-11(2,16-3)8-6-5-7-9(10(8)17-4)12(13,14)15/h5-7,16H,1-4H3. The zero-order valence-electron chi connectivity index (χ0n) is 10.3. The van der Waals surface area contributed by atoms with Gasteiger partial charge in [0.05, 0.1) is 12.7 Å². The van der Waals surface area contributed by atoms with Crippen molar-refractivity contribution in [1.29, 1.82) is 0 Å². The molecule has 0 atom stereocenters. The third kappa shape index (κ3) is 2.72. The molecule has 1 aromatic rings. The zero-order valence-corrected chi connectivity index (χ0v) is 10.3. The fraction of sp³-hybridized carbons (Fsp3) is 0.500. The molecule has 0 aliphatic carbocycles. The lowest BCUT2D eigenvalue weighted by atomic mass is 9.91. The number of hydrogen-bond acceptors (Lipinski definition) is 2. The molecule has 5 heteroatoms. The summed E-state index contributed by atoms with van der Waals surface area (Å²) in [6.45, 7) is 3.59. The Morgan fingerprint density at radius 3 is 2.06 bits per heavy atom. The fourth-order valence-electron chi connectivity index (χ4n) is 1.61. The number of alkyl halides is 3. The summed E-state index contributed by atoms with van der Waals surface area (Å²) in [5, 5.41) is 2.96. The Hall–Kier alpha value is -1.23. The molecule has 96 valence electrons. The number of nitrogens with one attached hydrogen (secondary N) is 1. The van der Waals surface area contributed by atoms with E-state index in [0.29, 0.717) is 5.56 Å². The van der Waals surface area contributed by atoms with Gasteiger partial charge < -0.3 is 10.1 Å². The highest BCUT2D eigenvalue weighted by Gasteiger charge is 2.37. The third-order valence-electron chi connectivity index (χ3n) is 2.82. The topological polar surface area (TPSA) is 21.3 Å². The molecular formula is C12H16F3NO. The predicted octanol–water partition coefficient (Wildman–Crippen LogP) is 3.17. The maximum absolute atomic E-state index is 12.8. The van der Waals surface area contributed by atoms with Crippen LogP contribution in [0, 0.1) is 0 Å². The molecule has 1 aromatic carbocycles. The van der Waals surface area contributed by atoms with E-state index in [1.165, 1.54) is 13.2 Å². The Bertz CT molecular complexity index is 399. The average Bonchev–Trinajstić information content (AvgIpc) is 2.26. The molecule has 1 rings (SSSR count). The second-order valence-corrected chi connectivity index (χ2v) is 4.26. The first-order chi connectivity index (χ1) is 7.74. The maximum atomic E-state index is 12.8. The number of hydrogen-bond donors (Lipinski definition) is 1. The summed E-state index contributed by atoms with van der Waals surface area (Å²) < 4.78 is 43.4. The second kappa shape index (κ2) is 4.56. The van der Waals surface area contributed by atoms with E-state index in [9.17, 15) is 13.2 Å². The molecule has 0 amide bonds. The number of para-hydroxylation sites is 1. The number of benzene rings is 1. The average molecular weight is 247 g/mol. The van der Waals surface area contributed by atoms with E-state index in [2.05, 4.69) is 5.32 Å². The molecule has 1 N–H and O–H groups in total. The summed E-state index contributed by atoms with van der Waals surface area (Å²) in [6, 6.07) is 4.04. The summed E-state index contributed by atoms with van der Waals surface area (Å²) in [6.07, 6.45) is -4.41. The third-order valence-corrected chi connectivity index (χ3v) is 2.82. The number of methoxy groups -OCH3 is 1. The molecule has 0 spiro atoms. The molecule has 0 fully saturated rings. The zero-order chi connectivity index (χ0) is 13.3. The van der Waals surface area contributed by atoms with Gasteiger partial charge in [0.1, 0.15) is 5.75 Å². The van der Waals surface area contributed by atoms with Gasteiger partial charge in [-0.25, -0.2) is 0 Å². The highest BCUT2D eigenvalue weighted by atomic mass is 19.4. The molecule has 0 radical (unpaired) electrons. The van der Waals surface area contributed by atoms with Gasteiger partial charge in [-0.15, -0.1) is 0 Å². The lowest BCUT2D eigenvalue weighted by Gasteiger charge is -2.28. The van der Waals surface area contributed by atoms with E-state index >= 15 is 0 Å². The van der Waals surface area contributed by atoms with Crippen LogP contribution in [0.4, 0.5) is 13.2 Å². The minimum absolute atomic E-state index is 0.126. The van der Waals surface area contributed by atoms with Crippen molar-refractivity contribution < 1.29 is 17.9 Å². The van der Waals surface area contributed by atoms with Gasteiger partial charge in [0.25, 0.3) is 0 Å². The number of rotatable bonds is 3. The molecule has 0 aliphatic heterocycles. The van der Waals surface area contributed by atoms with Crippen LogP contribution >= 0.6 is 0 Å². The van der Waals surface area contributed by atoms with Crippen molar-refractivity contribution in [3.63, 3.8) is 0 Å². The molecule has 0 aliphatic rings. The summed E-state index contributed by atoms with van der Waals surface area (Å²) in [7, 11) is 2.94. The van der Waals surface area contributed by atoms with E-state index in [-0.39, 0.29) is 5.75 Å². The first kappa shape index (κ1) is 13.8. The Kier molecular flexibility index (Phi) is 3.71. The van der Waals surface area contributed by atoms with Crippen molar-refractivity contribution in [2.24, 2.45) is 0 Å². The smallest absolute Gasteiger partial charge is 0.419 e. The largest absolute Gasteiger partial charge is 0.496 e. The van der Waals surface area contributed by atoms with Crippen LogP contribution in [0.2, 0.25) is 0 Å². The van der Waals surface area contributed by atoms with Gasteiger partial charge in [-0.05, 0) is 27.0 Å². The second-order valence-electron chi connectivity index (χ2n) is 4.26. The van der Waals surface area contributed by atoms with Gasteiger partial charge in [-0.1, -0.05) is 12.1 Å². The molecule has 0 bridgehead atoms. The van der Waals surface area contributed by atoms with Crippen LogP contribution in [0.15, 0.2) is 18.2 Å². The highest BCUT2D eigenvalue weighted by molar-refractivity contribution is 5.46. The van der Waals surface area contributed by atoms with Crippen molar-refractivity contribution in [3.05, 3.63) is 29.3 Å². The van der Waals surface area contributed by atoms with Gasteiger partial charge in [-0.3, -0.25) is 0 Å². The van der Waals surface area contributed by atoms with Gasteiger partial charge >= 0.3 is 6.18 Å². The molecule has 0 saturated heterocycles. The van der Waals surface area contributed by atoms with Crippen LogP contribution in [-0.2, 0) is 11.7 Å². The minimum atomic E-state index is -4.41. The van der Waals surface area contributed by atoms with Crippen LogP contribution in [0.25, 0.3) is 0 Å². The van der Waals surface area contributed by atoms with Crippen LogP contribution < -0.4 is 10.1 Å². The van der Waals surface area contributed by atoms with Crippen molar-refractivity contribution in [3.8, 4) is 5.75 Å². The Balaban J connectivity index is 3.44. The number of halogens is 3. The molecule has 2 nitrogen and oxygen atoms in total. The minimum Gasteiger partial charge on any atom is -0.496 e. The van der Waals surface area contributed by atoms with Gasteiger partial charge in [0.15, 0.2) is 0 Å². The van der Waals surface area contributed by atoms with E-state index in [1.54, 1.807) is 27.0 Å². The lowest BCUT2D eigenvalue weighted by Crippen LogP contribution is -2.34. The first-order valence-electron chi connectivity index (χ1n) is 5.17. The van der Waals surface area contributed by atoms with Gasteiger partial charge in [-0.2, -0.15) is 13.2 Å². The van der Waals surface area contributed by atoms with Crippen molar-refractivity contribution in [1.82, 2.24) is 5.32 Å². The highest BCUT2D eigenvalue weighted by Crippen LogP contribution is 2.41. The Labute approximate surface area is 98.8 Å². The van der Waals surface area contributed by atoms with Crippen molar-refractivity contribution >= 4 is 0 Å². The Morgan fingerprint density at radius 2 is 1.65 bits per heavy atom. The molecule has 17 heavy (non-hydrogen) atoms. The van der Waals surface area contributed by atoms with Gasteiger partial charge in [0, 0.05) is 11.1 Å². The summed E-state index contributed by atoms with van der Waals surface area (Å²) in [5.74, 6) is -0.126. The van der Waals surface area contributed by atoms with E-state index < -0.39 is 17.3 Å². The first-order valence-corrected chi connectivity index (χ1v) is 5.17. The van der Waals surface area contributed by atoms with Crippen molar-refractivity contribution in [2.45, 2.75) is 25.6 Å². The van der Waals surface area contributed by atoms with Crippen molar-refractivity contribution in [2.75, 3.05) is 14.2 Å². The summed E-state index contributed by atoms with van der Waals surface area (Å²) in [4.78, 5) is 0. The molecular weight excluding hydrogens is 231 g/mol. The maximum Gasteiger partial charge on any atom is 0.419 e. The molecule has 0 heterocycles. The monoisotopic (exact) mass is 247 g/mol. The van der Waals surface area contributed by atoms with Crippen LogP contribution in [0.5, 0.6) is 5.75 Å². The molecule has 0 saturated carbocycles. The molecule has 0 aromatic heterocycles. The van der Waals surface area contributed by atoms with Gasteiger partial charge in [0.2, 0.25) is 0 Å². The van der Waals surface area contributed by atoms with Crippen LogP contribution in [0.3, 0.4) is 0 Å². The fourth-order valence-corrected chi connectivity index (χ4v) is 1.61. The predicted molar refractivity (Wildman–Crippen MR) is 60.1 cm³/mol. The normalized spacial score (nSPS) is 12.6. The van der Waals surface area contributed by atoms with Crippen LogP contribution in [-0.4, -0.2) is 14.2 Å². The van der Waals surface area contributed by atoms with E-state index in [4.69, 9.17) is 4.74 Å². The van der Waals surface area contributed by atoms with Crippen LogP contribution in [0.1, 0.15) is 25.0 Å². The Morgan fingerprint density at radius 1 is 1.12 bits per heavy atom. The molecule has 0 unspecified atom stereocenters. The summed E-state index contributed by atoms with van der Waals surface area (Å²) in [5.41, 5.74) is -0.856. The number of ether oxygens (including phenoxy) is 1. The van der Waals surface area contributed by atoms with E-state index in [1.807, 2.05) is 0 Å².